The molecule has 0 aliphatic carbocycles. The first-order chi connectivity index (χ1) is 14.7. The Morgan fingerprint density at radius 3 is 1.97 bits per heavy atom. The molecule has 0 aromatic heterocycles. The number of nitrogens with one attached hydrogen (secondary N) is 2. The van der Waals surface area contributed by atoms with Crippen molar-refractivity contribution in [2.75, 3.05) is 10.6 Å². The first-order valence-electron chi connectivity index (χ1n) is 9.88. The minimum atomic E-state index is -0.0980. The molecule has 30 heavy (non-hydrogen) atoms. The van der Waals surface area contributed by atoms with Gasteiger partial charge in [-0.2, -0.15) is 0 Å². The van der Waals surface area contributed by atoms with E-state index >= 15 is 0 Å². The van der Waals surface area contributed by atoms with E-state index in [-0.39, 0.29) is 18.2 Å². The molecule has 4 aromatic rings. The molecule has 0 unspecified atom stereocenters. The van der Waals surface area contributed by atoms with E-state index in [0.29, 0.717) is 17.8 Å². The summed E-state index contributed by atoms with van der Waals surface area (Å²) in [6.45, 7) is 0. The number of fused-ring (bicyclic) bond motifs is 1. The number of carbonyl (C=O) groups excluding carboxylic acids is 2. The highest BCUT2D eigenvalue weighted by Gasteiger charge is 2.09. The van der Waals surface area contributed by atoms with Gasteiger partial charge in [0, 0.05) is 11.4 Å². The summed E-state index contributed by atoms with van der Waals surface area (Å²) in [5.74, 6) is -0.195. The molecule has 4 aromatic carbocycles. The summed E-state index contributed by atoms with van der Waals surface area (Å²) in [7, 11) is 0. The molecule has 148 valence electrons. The summed E-state index contributed by atoms with van der Waals surface area (Å²) in [4.78, 5) is 24.9. The number of rotatable bonds is 6. The third-order valence-corrected chi connectivity index (χ3v) is 4.87. The fourth-order valence-corrected chi connectivity index (χ4v) is 3.49. The number of anilines is 2. The molecule has 0 heterocycles. The average Bonchev–Trinajstić information content (AvgIpc) is 2.75. The van der Waals surface area contributed by atoms with Gasteiger partial charge >= 0.3 is 0 Å². The van der Waals surface area contributed by atoms with Gasteiger partial charge in [0.15, 0.2) is 0 Å². The number of carbonyl (C=O) groups is 2. The molecule has 2 amide bonds. The summed E-state index contributed by atoms with van der Waals surface area (Å²) in [5, 5.41) is 8.01. The maximum atomic E-state index is 12.6. The lowest BCUT2D eigenvalue weighted by Crippen LogP contribution is -2.16. The fourth-order valence-electron chi connectivity index (χ4n) is 3.49. The van der Waals surface area contributed by atoms with Gasteiger partial charge in [0.1, 0.15) is 0 Å². The molecule has 0 atom stereocenters. The number of benzene rings is 4. The molecule has 0 spiro atoms. The zero-order valence-corrected chi connectivity index (χ0v) is 16.5. The van der Waals surface area contributed by atoms with Crippen LogP contribution in [0.1, 0.15) is 11.1 Å². The van der Waals surface area contributed by atoms with E-state index in [4.69, 9.17) is 0 Å². The second-order valence-corrected chi connectivity index (χ2v) is 7.15. The van der Waals surface area contributed by atoms with Gasteiger partial charge in [-0.25, -0.2) is 0 Å². The molecular formula is C26H22N2O2. The van der Waals surface area contributed by atoms with E-state index in [1.165, 1.54) is 0 Å². The van der Waals surface area contributed by atoms with E-state index in [9.17, 15) is 9.59 Å². The van der Waals surface area contributed by atoms with Crippen molar-refractivity contribution in [2.24, 2.45) is 0 Å². The lowest BCUT2D eigenvalue weighted by molar-refractivity contribution is -0.116. The summed E-state index contributed by atoms with van der Waals surface area (Å²) in [6, 6.07) is 30.8. The van der Waals surface area contributed by atoms with Gasteiger partial charge in [-0.05, 0) is 40.1 Å². The molecule has 2 N–H and O–H groups in total. The van der Waals surface area contributed by atoms with Crippen molar-refractivity contribution in [1.82, 2.24) is 0 Å². The van der Waals surface area contributed by atoms with Crippen molar-refractivity contribution in [2.45, 2.75) is 12.8 Å². The van der Waals surface area contributed by atoms with Crippen LogP contribution in [0.2, 0.25) is 0 Å². The van der Waals surface area contributed by atoms with Crippen molar-refractivity contribution >= 4 is 34.0 Å². The molecule has 0 radical (unpaired) electrons. The van der Waals surface area contributed by atoms with Crippen LogP contribution in [-0.2, 0) is 22.4 Å². The third-order valence-electron chi connectivity index (χ3n) is 4.87. The molecular weight excluding hydrogens is 372 g/mol. The van der Waals surface area contributed by atoms with Crippen LogP contribution in [0.3, 0.4) is 0 Å². The zero-order chi connectivity index (χ0) is 20.8. The van der Waals surface area contributed by atoms with Crippen molar-refractivity contribution in [1.29, 1.82) is 0 Å². The van der Waals surface area contributed by atoms with Gasteiger partial charge in [0.05, 0.1) is 12.8 Å². The van der Waals surface area contributed by atoms with Crippen LogP contribution >= 0.6 is 0 Å². The van der Waals surface area contributed by atoms with Crippen LogP contribution in [0.4, 0.5) is 11.4 Å². The van der Waals surface area contributed by atoms with Crippen LogP contribution in [0.15, 0.2) is 97.1 Å². The molecule has 0 fully saturated rings. The Morgan fingerprint density at radius 1 is 0.600 bits per heavy atom. The Balaban J connectivity index is 1.40. The van der Waals surface area contributed by atoms with Crippen LogP contribution in [0.5, 0.6) is 0 Å². The Bertz CT molecular complexity index is 1180. The lowest BCUT2D eigenvalue weighted by atomic mass is 10.0. The first-order valence-corrected chi connectivity index (χ1v) is 9.88. The maximum Gasteiger partial charge on any atom is 0.228 e. The number of hydrogen-bond donors (Lipinski definition) is 2. The second-order valence-electron chi connectivity index (χ2n) is 7.15. The van der Waals surface area contributed by atoms with Gasteiger partial charge in [-0.1, -0.05) is 78.9 Å². The molecule has 4 heteroatoms. The van der Waals surface area contributed by atoms with Crippen LogP contribution < -0.4 is 10.6 Å². The predicted octanol–water partition coefficient (Wildman–Crippen LogP) is 5.20. The quantitative estimate of drug-likeness (QED) is 0.472. The van der Waals surface area contributed by atoms with E-state index in [1.807, 2.05) is 91.0 Å². The minimum Gasteiger partial charge on any atom is -0.326 e. The SMILES string of the molecule is O=C(Cc1ccccc1)Nc1cccc(NC(=O)Cc2cccc3ccccc23)c1. The van der Waals surface area contributed by atoms with Crippen LogP contribution in [0, 0.1) is 0 Å². The molecule has 0 saturated heterocycles. The van der Waals surface area contributed by atoms with Crippen molar-refractivity contribution in [3.8, 4) is 0 Å². The topological polar surface area (TPSA) is 58.2 Å². The molecule has 0 saturated carbocycles. The van der Waals surface area contributed by atoms with Crippen molar-refractivity contribution in [3.63, 3.8) is 0 Å². The van der Waals surface area contributed by atoms with E-state index < -0.39 is 0 Å². The van der Waals surface area contributed by atoms with Crippen molar-refractivity contribution in [3.05, 3.63) is 108 Å². The standard InChI is InChI=1S/C26H22N2O2/c29-25(16-19-8-2-1-3-9-19)27-22-13-7-14-23(18-22)28-26(30)17-21-12-6-11-20-10-4-5-15-24(20)21/h1-15,18H,16-17H2,(H,27,29)(H,28,30). The maximum absolute atomic E-state index is 12.6. The molecule has 0 bridgehead atoms. The van der Waals surface area contributed by atoms with Gasteiger partial charge in [0.25, 0.3) is 0 Å². The fraction of sp³-hybridized carbons (Fsp3) is 0.0769. The number of hydrogen-bond acceptors (Lipinski definition) is 2. The number of amides is 2. The largest absolute Gasteiger partial charge is 0.326 e. The predicted molar refractivity (Wildman–Crippen MR) is 121 cm³/mol. The van der Waals surface area contributed by atoms with E-state index in [0.717, 1.165) is 21.9 Å². The van der Waals surface area contributed by atoms with Crippen LogP contribution in [-0.4, -0.2) is 11.8 Å². The first kappa shape index (κ1) is 19.4. The highest BCUT2D eigenvalue weighted by molar-refractivity contribution is 5.97. The summed E-state index contributed by atoms with van der Waals surface area (Å²) >= 11 is 0. The second kappa shape index (κ2) is 9.05. The average molecular weight is 394 g/mol. The Morgan fingerprint density at radius 2 is 1.20 bits per heavy atom. The third kappa shape index (κ3) is 4.92. The summed E-state index contributed by atoms with van der Waals surface area (Å²) < 4.78 is 0. The van der Waals surface area contributed by atoms with E-state index in [1.54, 1.807) is 6.07 Å². The van der Waals surface area contributed by atoms with Gasteiger partial charge in [-0.3, -0.25) is 9.59 Å². The summed E-state index contributed by atoms with van der Waals surface area (Å²) in [5.41, 5.74) is 3.24. The molecule has 4 nitrogen and oxygen atoms in total. The Labute approximate surface area is 175 Å². The summed E-state index contributed by atoms with van der Waals surface area (Å²) in [6.07, 6.45) is 0.588. The van der Waals surface area contributed by atoms with E-state index in [2.05, 4.69) is 10.6 Å². The van der Waals surface area contributed by atoms with Crippen LogP contribution in [0.25, 0.3) is 10.8 Å². The van der Waals surface area contributed by atoms with Gasteiger partial charge in [0.2, 0.25) is 11.8 Å². The molecule has 0 aliphatic rings. The Kier molecular flexibility index (Phi) is 5.85. The molecule has 4 rings (SSSR count). The van der Waals surface area contributed by atoms with Gasteiger partial charge in [-0.15, -0.1) is 0 Å². The zero-order valence-electron chi connectivity index (χ0n) is 16.5. The highest BCUT2D eigenvalue weighted by atomic mass is 16.2. The molecule has 0 aliphatic heterocycles. The van der Waals surface area contributed by atoms with Gasteiger partial charge < -0.3 is 10.6 Å². The smallest absolute Gasteiger partial charge is 0.228 e. The van der Waals surface area contributed by atoms with Crippen molar-refractivity contribution < 1.29 is 9.59 Å². The minimum absolute atomic E-state index is 0.0968. The monoisotopic (exact) mass is 394 g/mol. The lowest BCUT2D eigenvalue weighted by Gasteiger charge is -2.10. The Hall–Kier alpha value is -3.92. The highest BCUT2D eigenvalue weighted by Crippen LogP contribution is 2.20. The normalized spacial score (nSPS) is 10.5.